The van der Waals surface area contributed by atoms with Crippen LogP contribution < -0.4 is 0 Å². The first-order valence-corrected chi connectivity index (χ1v) is 21.3. The average molecular weight is 675 g/mol. The van der Waals surface area contributed by atoms with Gasteiger partial charge in [-0.3, -0.25) is 9.59 Å². The van der Waals surface area contributed by atoms with Gasteiger partial charge in [0, 0.05) is 12.8 Å². The van der Waals surface area contributed by atoms with Crippen LogP contribution >= 0.6 is 0 Å². The molecule has 0 aromatic rings. The molecular formula is C44H82O4. The van der Waals surface area contributed by atoms with Crippen molar-refractivity contribution in [3.8, 4) is 0 Å². The van der Waals surface area contributed by atoms with E-state index in [0.717, 1.165) is 51.4 Å². The molecule has 0 heterocycles. The molecule has 0 aromatic heterocycles. The van der Waals surface area contributed by atoms with Crippen molar-refractivity contribution in [2.24, 2.45) is 0 Å². The van der Waals surface area contributed by atoms with Crippen molar-refractivity contribution < 1.29 is 19.1 Å². The molecule has 0 amide bonds. The highest BCUT2D eigenvalue weighted by molar-refractivity contribution is 5.69. The van der Waals surface area contributed by atoms with E-state index in [1.165, 1.54) is 154 Å². The Kier molecular flexibility index (Phi) is 40.2. The van der Waals surface area contributed by atoms with Gasteiger partial charge in [-0.15, -0.1) is 0 Å². The fourth-order valence-corrected chi connectivity index (χ4v) is 6.11. The lowest BCUT2D eigenvalue weighted by molar-refractivity contribution is -0.145. The van der Waals surface area contributed by atoms with Crippen LogP contribution in [-0.2, 0) is 19.1 Å². The molecule has 282 valence electrons. The molecular weight excluding hydrogens is 592 g/mol. The van der Waals surface area contributed by atoms with E-state index in [2.05, 4.69) is 38.2 Å². The Morgan fingerprint density at radius 3 is 0.896 bits per heavy atom. The highest BCUT2D eigenvalue weighted by atomic mass is 16.5. The summed E-state index contributed by atoms with van der Waals surface area (Å²) in [5.74, 6) is -0.143. The van der Waals surface area contributed by atoms with Crippen LogP contribution in [-0.4, -0.2) is 25.2 Å². The van der Waals surface area contributed by atoms with E-state index in [1.807, 2.05) is 0 Å². The molecule has 0 fully saturated rings. The highest BCUT2D eigenvalue weighted by Crippen LogP contribution is 2.13. The number of rotatable bonds is 39. The molecule has 0 spiro atoms. The molecule has 0 saturated carbocycles. The summed E-state index contributed by atoms with van der Waals surface area (Å²) in [6, 6.07) is 0. The maximum Gasteiger partial charge on any atom is 0.305 e. The smallest absolute Gasteiger partial charge is 0.305 e. The van der Waals surface area contributed by atoms with Crippen LogP contribution in [0.3, 0.4) is 0 Å². The predicted molar refractivity (Wildman–Crippen MR) is 209 cm³/mol. The molecule has 0 atom stereocenters. The number of allylic oxidation sites excluding steroid dienone is 4. The summed E-state index contributed by atoms with van der Waals surface area (Å²) >= 11 is 0. The van der Waals surface area contributed by atoms with E-state index < -0.39 is 0 Å². The molecule has 48 heavy (non-hydrogen) atoms. The van der Waals surface area contributed by atoms with Gasteiger partial charge in [-0.05, 0) is 77.0 Å². The van der Waals surface area contributed by atoms with Gasteiger partial charge in [0.15, 0.2) is 0 Å². The topological polar surface area (TPSA) is 52.6 Å². The maximum absolute atomic E-state index is 12.0. The Bertz CT molecular complexity index is 653. The van der Waals surface area contributed by atoms with Crippen molar-refractivity contribution in [2.45, 2.75) is 232 Å². The van der Waals surface area contributed by atoms with Gasteiger partial charge in [0.25, 0.3) is 0 Å². The van der Waals surface area contributed by atoms with Crippen LogP contribution in [0.5, 0.6) is 0 Å². The molecule has 0 N–H and O–H groups in total. The van der Waals surface area contributed by atoms with Crippen molar-refractivity contribution in [1.29, 1.82) is 0 Å². The molecule has 0 aliphatic rings. The first-order valence-electron chi connectivity index (χ1n) is 21.3. The number of hydrogen-bond acceptors (Lipinski definition) is 4. The number of ether oxygens (including phenoxy) is 2. The van der Waals surface area contributed by atoms with Crippen LogP contribution in [0.2, 0.25) is 0 Å². The second kappa shape index (κ2) is 41.6. The molecule has 0 aliphatic carbocycles. The minimum absolute atomic E-state index is 0.0715. The SMILES string of the molecule is CCCCCCCC/C=C\CCCCCCCCOC(=O)CCCCCCC(=O)OCCCCCCCC/C=C\CCCCCCCC. The molecule has 0 bridgehead atoms. The zero-order valence-electron chi connectivity index (χ0n) is 32.4. The van der Waals surface area contributed by atoms with E-state index in [4.69, 9.17) is 9.47 Å². The minimum Gasteiger partial charge on any atom is -0.466 e. The van der Waals surface area contributed by atoms with E-state index >= 15 is 0 Å². The summed E-state index contributed by atoms with van der Waals surface area (Å²) in [5, 5.41) is 0. The molecule has 0 aromatic carbocycles. The first kappa shape index (κ1) is 46.4. The van der Waals surface area contributed by atoms with Gasteiger partial charge in [0.2, 0.25) is 0 Å². The van der Waals surface area contributed by atoms with Gasteiger partial charge in [-0.1, -0.05) is 167 Å². The molecule has 4 heteroatoms. The Labute approximate surface area is 300 Å². The molecule has 0 rings (SSSR count). The summed E-state index contributed by atoms with van der Waals surface area (Å²) in [7, 11) is 0. The molecule has 0 radical (unpaired) electrons. The minimum atomic E-state index is -0.0715. The van der Waals surface area contributed by atoms with E-state index in [9.17, 15) is 9.59 Å². The zero-order valence-corrected chi connectivity index (χ0v) is 32.4. The number of unbranched alkanes of at least 4 members (excludes halogenated alkanes) is 27. The van der Waals surface area contributed by atoms with Crippen LogP contribution in [0.4, 0.5) is 0 Å². The van der Waals surface area contributed by atoms with Crippen molar-refractivity contribution in [1.82, 2.24) is 0 Å². The number of hydrogen-bond donors (Lipinski definition) is 0. The van der Waals surface area contributed by atoms with Crippen LogP contribution in [0, 0.1) is 0 Å². The standard InChI is InChI=1S/C44H82O4/c1-3-5-7-9-11-13-15-17-19-21-23-25-27-29-33-37-41-47-43(45)39-35-31-32-36-40-44(46)48-42-38-34-30-28-26-24-22-20-18-16-14-12-10-8-6-4-2/h17-20H,3-16,21-42H2,1-2H3/b19-17-,20-18-. The maximum atomic E-state index is 12.0. The fourth-order valence-electron chi connectivity index (χ4n) is 6.11. The Morgan fingerprint density at radius 2 is 0.583 bits per heavy atom. The zero-order chi connectivity index (χ0) is 34.9. The molecule has 4 nitrogen and oxygen atoms in total. The van der Waals surface area contributed by atoms with Crippen molar-refractivity contribution >= 4 is 11.9 Å². The normalized spacial score (nSPS) is 11.6. The summed E-state index contributed by atoms with van der Waals surface area (Å²) in [6.45, 7) is 5.66. The highest BCUT2D eigenvalue weighted by Gasteiger charge is 2.05. The summed E-state index contributed by atoms with van der Waals surface area (Å²) in [4.78, 5) is 23.9. The number of carbonyl (C=O) groups excluding carboxylic acids is 2. The third-order valence-electron chi connectivity index (χ3n) is 9.35. The van der Waals surface area contributed by atoms with Gasteiger partial charge >= 0.3 is 11.9 Å². The Morgan fingerprint density at radius 1 is 0.333 bits per heavy atom. The summed E-state index contributed by atoms with van der Waals surface area (Å²) < 4.78 is 10.8. The third-order valence-corrected chi connectivity index (χ3v) is 9.35. The lowest BCUT2D eigenvalue weighted by Gasteiger charge is -2.06. The molecule has 0 aliphatic heterocycles. The van der Waals surface area contributed by atoms with E-state index in [1.54, 1.807) is 0 Å². The van der Waals surface area contributed by atoms with Crippen molar-refractivity contribution in [3.63, 3.8) is 0 Å². The third kappa shape index (κ3) is 40.6. The van der Waals surface area contributed by atoms with Gasteiger partial charge in [-0.2, -0.15) is 0 Å². The van der Waals surface area contributed by atoms with Crippen molar-refractivity contribution in [3.05, 3.63) is 24.3 Å². The lowest BCUT2D eigenvalue weighted by atomic mass is 10.1. The van der Waals surface area contributed by atoms with Crippen LogP contribution in [0.15, 0.2) is 24.3 Å². The summed E-state index contributed by atoms with van der Waals surface area (Å²) in [6.07, 6.45) is 50.1. The van der Waals surface area contributed by atoms with Gasteiger partial charge < -0.3 is 9.47 Å². The van der Waals surface area contributed by atoms with Crippen LogP contribution in [0.1, 0.15) is 232 Å². The Balaban J connectivity index is 3.30. The first-order chi connectivity index (χ1) is 23.7. The van der Waals surface area contributed by atoms with Gasteiger partial charge in [0.1, 0.15) is 0 Å². The van der Waals surface area contributed by atoms with Crippen LogP contribution in [0.25, 0.3) is 0 Å². The van der Waals surface area contributed by atoms with Gasteiger partial charge in [0.05, 0.1) is 13.2 Å². The molecule has 0 saturated heterocycles. The van der Waals surface area contributed by atoms with Crippen molar-refractivity contribution in [2.75, 3.05) is 13.2 Å². The molecule has 0 unspecified atom stereocenters. The largest absolute Gasteiger partial charge is 0.466 e. The monoisotopic (exact) mass is 675 g/mol. The predicted octanol–water partition coefficient (Wildman–Crippen LogP) is 14.5. The number of carbonyl (C=O) groups is 2. The van der Waals surface area contributed by atoms with Gasteiger partial charge in [-0.25, -0.2) is 0 Å². The number of esters is 2. The fraction of sp³-hybridized carbons (Fsp3) is 0.864. The second-order valence-electron chi connectivity index (χ2n) is 14.2. The Hall–Kier alpha value is -1.58. The van der Waals surface area contributed by atoms with E-state index in [0.29, 0.717) is 26.1 Å². The summed E-state index contributed by atoms with van der Waals surface area (Å²) in [5.41, 5.74) is 0. The second-order valence-corrected chi connectivity index (χ2v) is 14.2. The average Bonchev–Trinajstić information content (AvgIpc) is 3.09. The van der Waals surface area contributed by atoms with E-state index in [-0.39, 0.29) is 11.9 Å². The lowest BCUT2D eigenvalue weighted by Crippen LogP contribution is -2.06. The quantitative estimate of drug-likeness (QED) is 0.0370.